The number of nitrogens with zero attached hydrogens (tertiary/aromatic N) is 4. The maximum atomic E-state index is 12.7. The van der Waals surface area contributed by atoms with Gasteiger partial charge in [-0.2, -0.15) is 5.21 Å². The number of rotatable bonds is 2. The van der Waals surface area contributed by atoms with Gasteiger partial charge in [0, 0.05) is 6.54 Å². The van der Waals surface area contributed by atoms with Crippen LogP contribution in [0.1, 0.15) is 50.4 Å². The third-order valence-corrected chi connectivity index (χ3v) is 5.09. The Hall–Kier alpha value is -1.50. The number of hydrogen-bond acceptors (Lipinski definition) is 5. The number of likely N-dealkylation sites (tertiary alicyclic amines) is 1. The first-order chi connectivity index (χ1) is 9.77. The molecule has 1 spiro atoms. The van der Waals surface area contributed by atoms with E-state index >= 15 is 0 Å². The Morgan fingerprint density at radius 3 is 2.95 bits per heavy atom. The first-order valence-electron chi connectivity index (χ1n) is 7.43. The number of amides is 1. The molecule has 4 rings (SSSR count). The van der Waals surface area contributed by atoms with Crippen LogP contribution in [-0.2, 0) is 9.53 Å². The normalized spacial score (nSPS) is 31.7. The van der Waals surface area contributed by atoms with Crippen LogP contribution in [0.15, 0.2) is 0 Å². The van der Waals surface area contributed by atoms with E-state index in [1.165, 1.54) is 19.3 Å². The Morgan fingerprint density at radius 2 is 2.30 bits per heavy atom. The number of hydrogen-bond donors (Lipinski definition) is 1. The summed E-state index contributed by atoms with van der Waals surface area (Å²) in [6.07, 6.45) is 6.23. The number of tetrazole rings is 1. The number of carbonyl (C=O) groups is 1. The third kappa shape index (κ3) is 1.83. The van der Waals surface area contributed by atoms with Crippen molar-refractivity contribution in [2.75, 3.05) is 13.2 Å². The lowest BCUT2D eigenvalue weighted by Crippen LogP contribution is -2.39. The summed E-state index contributed by atoms with van der Waals surface area (Å²) in [7, 11) is 0. The van der Waals surface area contributed by atoms with Crippen LogP contribution >= 0.6 is 0 Å². The number of aromatic nitrogens is 4. The molecule has 1 aromatic rings. The highest BCUT2D eigenvalue weighted by Gasteiger charge is 2.48. The van der Waals surface area contributed by atoms with Gasteiger partial charge in [-0.05, 0) is 37.5 Å². The molecule has 1 amide bonds. The number of carbonyl (C=O) groups excluding carboxylic acids is 1. The molecule has 0 bridgehead atoms. The topological polar surface area (TPSA) is 84.0 Å². The van der Waals surface area contributed by atoms with Crippen molar-refractivity contribution in [2.24, 2.45) is 5.41 Å². The van der Waals surface area contributed by atoms with Crippen LogP contribution in [0.5, 0.6) is 0 Å². The molecule has 7 nitrogen and oxygen atoms in total. The standard InChI is InChI=1S/C13H19N5O2/c19-12(10-7-13(8-20-10)4-2-5-13)18-6-1-3-9(18)11-14-16-17-15-11/h9-10H,1-8H2,(H,14,15,16,17)/t9-,10?/m0/s1. The first-order valence-corrected chi connectivity index (χ1v) is 7.43. The molecule has 1 aliphatic carbocycles. The van der Waals surface area contributed by atoms with E-state index in [-0.39, 0.29) is 18.1 Å². The van der Waals surface area contributed by atoms with E-state index in [1.54, 1.807) is 0 Å². The molecule has 1 unspecified atom stereocenters. The Morgan fingerprint density at radius 1 is 1.40 bits per heavy atom. The minimum atomic E-state index is -0.261. The van der Waals surface area contributed by atoms with Gasteiger partial charge in [0.2, 0.25) is 0 Å². The quantitative estimate of drug-likeness (QED) is 0.865. The third-order valence-electron chi connectivity index (χ3n) is 5.09. The highest BCUT2D eigenvalue weighted by Crippen LogP contribution is 2.49. The number of H-pyrrole nitrogens is 1. The highest BCUT2D eigenvalue weighted by molar-refractivity contribution is 5.82. The van der Waals surface area contributed by atoms with Gasteiger partial charge in [0.25, 0.3) is 5.91 Å². The van der Waals surface area contributed by atoms with Crippen molar-refractivity contribution in [3.63, 3.8) is 0 Å². The van der Waals surface area contributed by atoms with Crippen LogP contribution < -0.4 is 0 Å². The van der Waals surface area contributed by atoms with E-state index in [4.69, 9.17) is 4.74 Å². The van der Waals surface area contributed by atoms with E-state index < -0.39 is 0 Å². The Kier molecular flexibility index (Phi) is 2.76. The van der Waals surface area contributed by atoms with Gasteiger partial charge in [-0.15, -0.1) is 10.2 Å². The predicted octanol–water partition coefficient (Wildman–Crippen LogP) is 0.822. The van der Waals surface area contributed by atoms with Gasteiger partial charge in [-0.25, -0.2) is 0 Å². The fourth-order valence-electron chi connectivity index (χ4n) is 3.77. The Labute approximate surface area is 117 Å². The molecule has 0 radical (unpaired) electrons. The summed E-state index contributed by atoms with van der Waals surface area (Å²) >= 11 is 0. The second-order valence-electron chi connectivity index (χ2n) is 6.32. The van der Waals surface area contributed by atoms with Crippen molar-refractivity contribution in [3.05, 3.63) is 5.82 Å². The highest BCUT2D eigenvalue weighted by atomic mass is 16.5. The SMILES string of the molecule is O=C(C1CC2(CCC2)CO1)N1CCC[C@H]1c1nn[nH]n1. The van der Waals surface area contributed by atoms with Crippen LogP contribution in [0.25, 0.3) is 0 Å². The Bertz CT molecular complexity index is 499. The summed E-state index contributed by atoms with van der Waals surface area (Å²) in [6.45, 7) is 1.52. The van der Waals surface area contributed by atoms with Crippen LogP contribution in [0, 0.1) is 5.41 Å². The molecule has 20 heavy (non-hydrogen) atoms. The van der Waals surface area contributed by atoms with Crippen molar-refractivity contribution >= 4 is 5.91 Å². The van der Waals surface area contributed by atoms with Crippen LogP contribution in [0.3, 0.4) is 0 Å². The molecule has 3 heterocycles. The van der Waals surface area contributed by atoms with Gasteiger partial charge in [0.05, 0.1) is 12.6 Å². The molecule has 2 atom stereocenters. The molecular weight excluding hydrogens is 258 g/mol. The van der Waals surface area contributed by atoms with Crippen LogP contribution in [0.2, 0.25) is 0 Å². The van der Waals surface area contributed by atoms with Gasteiger partial charge in [0.1, 0.15) is 6.10 Å². The summed E-state index contributed by atoms with van der Waals surface area (Å²) in [5.74, 6) is 0.730. The maximum absolute atomic E-state index is 12.7. The second-order valence-corrected chi connectivity index (χ2v) is 6.32. The van der Waals surface area contributed by atoms with Crippen LogP contribution in [-0.4, -0.2) is 50.7 Å². The van der Waals surface area contributed by atoms with E-state index in [2.05, 4.69) is 20.6 Å². The summed E-state index contributed by atoms with van der Waals surface area (Å²) in [5, 5.41) is 14.1. The van der Waals surface area contributed by atoms with Crippen molar-refractivity contribution in [1.82, 2.24) is 25.5 Å². The van der Waals surface area contributed by atoms with Crippen molar-refractivity contribution < 1.29 is 9.53 Å². The first kappa shape index (κ1) is 12.3. The van der Waals surface area contributed by atoms with Gasteiger partial charge in [-0.3, -0.25) is 4.79 Å². The van der Waals surface area contributed by atoms with Crippen molar-refractivity contribution in [2.45, 2.75) is 50.7 Å². The lowest BCUT2D eigenvalue weighted by molar-refractivity contribution is -0.142. The number of ether oxygens (including phenoxy) is 1. The molecule has 2 saturated heterocycles. The average Bonchev–Trinajstić information content (AvgIpc) is 3.15. The summed E-state index contributed by atoms with van der Waals surface area (Å²) in [6, 6.07) is -0.0391. The maximum Gasteiger partial charge on any atom is 0.252 e. The predicted molar refractivity (Wildman–Crippen MR) is 68.5 cm³/mol. The average molecular weight is 277 g/mol. The molecule has 3 fully saturated rings. The minimum absolute atomic E-state index is 0.0391. The molecule has 3 aliphatic rings. The van der Waals surface area contributed by atoms with Crippen LogP contribution in [0.4, 0.5) is 0 Å². The van der Waals surface area contributed by atoms with Gasteiger partial charge >= 0.3 is 0 Å². The molecule has 1 N–H and O–H groups in total. The van der Waals surface area contributed by atoms with Gasteiger partial charge < -0.3 is 9.64 Å². The number of aromatic amines is 1. The Balaban J connectivity index is 1.48. The molecular formula is C13H19N5O2. The van der Waals surface area contributed by atoms with E-state index in [9.17, 15) is 4.79 Å². The summed E-state index contributed by atoms with van der Waals surface area (Å²) in [4.78, 5) is 14.6. The molecule has 0 aromatic carbocycles. The van der Waals surface area contributed by atoms with Gasteiger partial charge in [-0.1, -0.05) is 11.6 Å². The molecule has 2 aliphatic heterocycles. The summed E-state index contributed by atoms with van der Waals surface area (Å²) < 4.78 is 5.80. The zero-order chi connectivity index (χ0) is 13.6. The lowest BCUT2D eigenvalue weighted by Gasteiger charge is -2.36. The smallest absolute Gasteiger partial charge is 0.252 e. The second kappa shape index (κ2) is 4.51. The monoisotopic (exact) mass is 277 g/mol. The van der Waals surface area contributed by atoms with Crippen molar-refractivity contribution in [3.8, 4) is 0 Å². The minimum Gasteiger partial charge on any atom is -0.368 e. The van der Waals surface area contributed by atoms with E-state index in [0.717, 1.165) is 32.4 Å². The molecule has 108 valence electrons. The molecule has 7 heteroatoms. The fraction of sp³-hybridized carbons (Fsp3) is 0.846. The zero-order valence-electron chi connectivity index (χ0n) is 11.4. The van der Waals surface area contributed by atoms with E-state index in [0.29, 0.717) is 11.2 Å². The van der Waals surface area contributed by atoms with Crippen molar-refractivity contribution in [1.29, 1.82) is 0 Å². The van der Waals surface area contributed by atoms with Gasteiger partial charge in [0.15, 0.2) is 5.82 Å². The summed E-state index contributed by atoms with van der Waals surface area (Å²) in [5.41, 5.74) is 0.307. The fourth-order valence-corrected chi connectivity index (χ4v) is 3.77. The number of nitrogens with one attached hydrogen (secondary N) is 1. The van der Waals surface area contributed by atoms with E-state index in [1.807, 2.05) is 4.90 Å². The molecule has 1 saturated carbocycles. The largest absolute Gasteiger partial charge is 0.368 e. The molecule has 1 aromatic heterocycles. The zero-order valence-corrected chi connectivity index (χ0v) is 11.4. The lowest BCUT2D eigenvalue weighted by atomic mass is 9.67.